The molecule has 0 amide bonds. The molecule has 0 radical (unpaired) electrons. The minimum absolute atomic E-state index is 0.290. The van der Waals surface area contributed by atoms with E-state index in [9.17, 15) is 0 Å². The van der Waals surface area contributed by atoms with Crippen molar-refractivity contribution >= 4 is 0 Å². The predicted octanol–water partition coefficient (Wildman–Crippen LogP) is 4.11. The molecule has 3 N–H and O–H groups in total. The zero-order valence-electron chi connectivity index (χ0n) is 12.6. The monoisotopic (exact) mass is 260 g/mol. The molecular formula is C17H28N2. The van der Waals surface area contributed by atoms with E-state index in [-0.39, 0.29) is 6.04 Å². The molecule has 1 saturated carbocycles. The number of aryl methyl sites for hydroxylation is 1. The van der Waals surface area contributed by atoms with E-state index in [1.807, 2.05) is 0 Å². The number of nitrogens with two attached hydrogens (primary N) is 1. The topological polar surface area (TPSA) is 38.0 Å². The molecule has 2 rings (SSSR count). The minimum Gasteiger partial charge on any atom is -0.271 e. The predicted molar refractivity (Wildman–Crippen MR) is 81.6 cm³/mol. The summed E-state index contributed by atoms with van der Waals surface area (Å²) in [6.45, 7) is 6.78. The summed E-state index contributed by atoms with van der Waals surface area (Å²) in [6, 6.07) is 9.15. The molecule has 1 aromatic rings. The van der Waals surface area contributed by atoms with Gasteiger partial charge in [0.15, 0.2) is 0 Å². The molecule has 2 heteroatoms. The van der Waals surface area contributed by atoms with Crippen LogP contribution >= 0.6 is 0 Å². The van der Waals surface area contributed by atoms with Crippen molar-refractivity contribution in [2.24, 2.45) is 17.2 Å². The summed E-state index contributed by atoms with van der Waals surface area (Å²) in [5, 5.41) is 0. The lowest BCUT2D eigenvalue weighted by Crippen LogP contribution is -2.41. The summed E-state index contributed by atoms with van der Waals surface area (Å²) in [4.78, 5) is 0. The van der Waals surface area contributed by atoms with Gasteiger partial charge in [-0.3, -0.25) is 11.3 Å². The maximum atomic E-state index is 5.93. The number of nitrogens with one attached hydrogen (secondary N) is 1. The molecule has 19 heavy (non-hydrogen) atoms. The quantitative estimate of drug-likeness (QED) is 0.617. The summed E-state index contributed by atoms with van der Waals surface area (Å²) in [5.74, 6) is 6.66. The highest BCUT2D eigenvalue weighted by molar-refractivity contribution is 5.26. The number of hydrogen-bond acceptors (Lipinski definition) is 2. The van der Waals surface area contributed by atoms with E-state index >= 15 is 0 Å². The van der Waals surface area contributed by atoms with Gasteiger partial charge in [0, 0.05) is 0 Å². The van der Waals surface area contributed by atoms with Crippen LogP contribution in [0.5, 0.6) is 0 Å². The largest absolute Gasteiger partial charge is 0.271 e. The molecule has 1 atom stereocenters. The van der Waals surface area contributed by atoms with Gasteiger partial charge in [-0.25, -0.2) is 0 Å². The van der Waals surface area contributed by atoms with Crippen LogP contribution in [0.15, 0.2) is 24.3 Å². The van der Waals surface area contributed by atoms with Gasteiger partial charge in [-0.1, -0.05) is 56.5 Å². The van der Waals surface area contributed by atoms with E-state index in [2.05, 4.69) is 50.5 Å². The molecule has 0 heterocycles. The third kappa shape index (κ3) is 3.18. The molecule has 1 fully saturated rings. The van der Waals surface area contributed by atoms with Crippen LogP contribution in [-0.4, -0.2) is 0 Å². The highest BCUT2D eigenvalue weighted by atomic mass is 15.2. The van der Waals surface area contributed by atoms with E-state index in [0.717, 1.165) is 5.92 Å². The summed E-state index contributed by atoms with van der Waals surface area (Å²) in [5.41, 5.74) is 6.12. The van der Waals surface area contributed by atoms with Crippen molar-refractivity contribution in [1.29, 1.82) is 0 Å². The van der Waals surface area contributed by atoms with Gasteiger partial charge < -0.3 is 0 Å². The zero-order valence-corrected chi connectivity index (χ0v) is 12.6. The number of rotatable bonds is 5. The smallest absolute Gasteiger partial charge is 0.0516 e. The van der Waals surface area contributed by atoms with Gasteiger partial charge in [0.1, 0.15) is 0 Å². The van der Waals surface area contributed by atoms with Gasteiger partial charge in [-0.15, -0.1) is 0 Å². The van der Waals surface area contributed by atoms with Crippen LogP contribution in [0.3, 0.4) is 0 Å². The Morgan fingerprint density at radius 2 is 1.74 bits per heavy atom. The molecule has 106 valence electrons. The van der Waals surface area contributed by atoms with Crippen molar-refractivity contribution in [2.45, 2.75) is 58.9 Å². The lowest BCUT2D eigenvalue weighted by Gasteiger charge is -2.39. The van der Waals surface area contributed by atoms with Crippen molar-refractivity contribution in [3.05, 3.63) is 35.4 Å². The lowest BCUT2D eigenvalue weighted by molar-refractivity contribution is 0.156. The Kier molecular flexibility index (Phi) is 4.64. The van der Waals surface area contributed by atoms with Crippen LogP contribution in [0, 0.1) is 18.3 Å². The van der Waals surface area contributed by atoms with Gasteiger partial charge in [0.25, 0.3) is 0 Å². The Morgan fingerprint density at radius 1 is 1.16 bits per heavy atom. The molecule has 1 aliphatic carbocycles. The van der Waals surface area contributed by atoms with Crippen molar-refractivity contribution < 1.29 is 0 Å². The number of benzene rings is 1. The molecule has 0 aliphatic heterocycles. The summed E-state index contributed by atoms with van der Waals surface area (Å²) < 4.78 is 0. The Morgan fingerprint density at radius 3 is 2.21 bits per heavy atom. The number of hydrazine groups is 1. The first-order chi connectivity index (χ1) is 9.07. The van der Waals surface area contributed by atoms with E-state index < -0.39 is 0 Å². The summed E-state index contributed by atoms with van der Waals surface area (Å²) in [6.07, 6.45) is 6.55. The Balaban J connectivity index is 2.29. The molecule has 0 aromatic heterocycles. The fraction of sp³-hybridized carbons (Fsp3) is 0.647. The van der Waals surface area contributed by atoms with Gasteiger partial charge in [0.2, 0.25) is 0 Å². The average Bonchev–Trinajstić information content (AvgIpc) is 2.81. The average molecular weight is 260 g/mol. The van der Waals surface area contributed by atoms with Crippen LogP contribution < -0.4 is 11.3 Å². The molecule has 1 aromatic carbocycles. The molecule has 1 aliphatic rings. The third-order valence-electron chi connectivity index (χ3n) is 4.60. The lowest BCUT2D eigenvalue weighted by atomic mass is 9.70. The molecule has 0 bridgehead atoms. The second kappa shape index (κ2) is 6.06. The van der Waals surface area contributed by atoms with Gasteiger partial charge in [-0.05, 0) is 43.1 Å². The highest BCUT2D eigenvalue weighted by Crippen LogP contribution is 2.51. The summed E-state index contributed by atoms with van der Waals surface area (Å²) in [7, 11) is 0. The van der Waals surface area contributed by atoms with E-state index in [1.54, 1.807) is 0 Å². The second-order valence-corrected chi connectivity index (χ2v) is 6.68. The molecule has 0 spiro atoms. The number of hydrogen-bond donors (Lipinski definition) is 2. The van der Waals surface area contributed by atoms with Crippen molar-refractivity contribution in [2.75, 3.05) is 0 Å². The molecule has 1 unspecified atom stereocenters. The first kappa shape index (κ1) is 14.5. The van der Waals surface area contributed by atoms with E-state index in [0.29, 0.717) is 5.41 Å². The van der Waals surface area contributed by atoms with Crippen LogP contribution in [0.1, 0.15) is 63.1 Å². The third-order valence-corrected chi connectivity index (χ3v) is 4.60. The maximum Gasteiger partial charge on any atom is 0.0516 e. The zero-order chi connectivity index (χ0) is 13.9. The first-order valence-electron chi connectivity index (χ1n) is 7.60. The van der Waals surface area contributed by atoms with Crippen LogP contribution in [0.2, 0.25) is 0 Å². The fourth-order valence-corrected chi connectivity index (χ4v) is 3.89. The van der Waals surface area contributed by atoms with Crippen molar-refractivity contribution in [3.63, 3.8) is 0 Å². The molecule has 0 saturated heterocycles. The van der Waals surface area contributed by atoms with Crippen molar-refractivity contribution in [3.8, 4) is 0 Å². The fourth-order valence-electron chi connectivity index (χ4n) is 3.89. The van der Waals surface area contributed by atoms with Gasteiger partial charge in [-0.2, -0.15) is 0 Å². The Bertz CT molecular complexity index is 388. The van der Waals surface area contributed by atoms with Gasteiger partial charge >= 0.3 is 0 Å². The normalized spacial score (nSPS) is 19.8. The first-order valence-corrected chi connectivity index (χ1v) is 7.60. The molecule has 2 nitrogen and oxygen atoms in total. The van der Waals surface area contributed by atoms with Crippen LogP contribution in [-0.2, 0) is 0 Å². The SMILES string of the molecule is Cc1ccc(C(NN)C2(CC(C)C)CCCC2)cc1. The Labute approximate surface area is 117 Å². The van der Waals surface area contributed by atoms with Crippen LogP contribution in [0.25, 0.3) is 0 Å². The molecular weight excluding hydrogens is 232 g/mol. The van der Waals surface area contributed by atoms with Crippen molar-refractivity contribution in [1.82, 2.24) is 5.43 Å². The van der Waals surface area contributed by atoms with E-state index in [1.165, 1.54) is 43.2 Å². The van der Waals surface area contributed by atoms with E-state index in [4.69, 9.17) is 5.84 Å². The van der Waals surface area contributed by atoms with Gasteiger partial charge in [0.05, 0.1) is 6.04 Å². The minimum atomic E-state index is 0.290. The standard InChI is InChI=1S/C17H28N2/c1-13(2)12-17(10-4-5-11-17)16(19-18)15-8-6-14(3)7-9-15/h6-9,13,16,19H,4-5,10-12,18H2,1-3H3. The highest BCUT2D eigenvalue weighted by Gasteiger charge is 2.41. The second-order valence-electron chi connectivity index (χ2n) is 6.68. The van der Waals surface area contributed by atoms with Crippen LogP contribution in [0.4, 0.5) is 0 Å². The Hall–Kier alpha value is -0.860. The maximum absolute atomic E-state index is 5.93. The summed E-state index contributed by atoms with van der Waals surface area (Å²) >= 11 is 0.